The molecule has 0 spiro atoms. The quantitative estimate of drug-likeness (QED) is 0.466. The van der Waals surface area contributed by atoms with Gasteiger partial charge >= 0.3 is 5.97 Å². The van der Waals surface area contributed by atoms with Crippen molar-refractivity contribution in [2.75, 3.05) is 23.3 Å². The van der Waals surface area contributed by atoms with Crippen molar-refractivity contribution in [1.29, 1.82) is 0 Å². The van der Waals surface area contributed by atoms with Crippen LogP contribution in [0.3, 0.4) is 0 Å². The number of amides is 1. The Morgan fingerprint density at radius 2 is 1.88 bits per heavy atom. The van der Waals surface area contributed by atoms with Gasteiger partial charge in [0, 0.05) is 25.2 Å². The standard InChI is InChI=1S/C15H23N3O6S/c1-3-18(4-2)12-7-5-10(9-13(12)25(22,23)24)17-14(19)8-6-11(16)15(20)21/h5,7,9,11H,3-4,6,8,16H2,1-2H3,(H,17,19)(H,20,21)(H,22,23,24)/t11-/m0/s1. The number of hydrogen-bond acceptors (Lipinski definition) is 6. The largest absolute Gasteiger partial charge is 0.480 e. The molecule has 0 radical (unpaired) electrons. The number of hydrogen-bond donors (Lipinski definition) is 4. The summed E-state index contributed by atoms with van der Waals surface area (Å²) in [5.74, 6) is -1.71. The van der Waals surface area contributed by atoms with E-state index < -0.39 is 28.0 Å². The third-order valence-corrected chi connectivity index (χ3v) is 4.51. The zero-order chi connectivity index (χ0) is 19.2. The third-order valence-electron chi connectivity index (χ3n) is 3.63. The van der Waals surface area contributed by atoms with Crippen LogP contribution in [0.4, 0.5) is 11.4 Å². The Bertz CT molecular complexity index is 731. The summed E-state index contributed by atoms with van der Waals surface area (Å²) in [6, 6.07) is 3.02. The minimum Gasteiger partial charge on any atom is -0.480 e. The average Bonchev–Trinajstić information content (AvgIpc) is 2.53. The van der Waals surface area contributed by atoms with Crippen molar-refractivity contribution in [3.63, 3.8) is 0 Å². The van der Waals surface area contributed by atoms with Gasteiger partial charge in [-0.15, -0.1) is 0 Å². The second-order valence-corrected chi connectivity index (χ2v) is 6.75. The molecule has 0 aromatic heterocycles. The van der Waals surface area contributed by atoms with E-state index >= 15 is 0 Å². The molecular weight excluding hydrogens is 350 g/mol. The van der Waals surface area contributed by atoms with E-state index in [0.717, 1.165) is 6.07 Å². The number of carbonyl (C=O) groups is 2. The van der Waals surface area contributed by atoms with Crippen molar-refractivity contribution in [1.82, 2.24) is 0 Å². The summed E-state index contributed by atoms with van der Waals surface area (Å²) in [5.41, 5.74) is 5.84. The lowest BCUT2D eigenvalue weighted by atomic mass is 10.1. The van der Waals surface area contributed by atoms with Crippen LogP contribution >= 0.6 is 0 Å². The second kappa shape index (κ2) is 8.79. The molecule has 25 heavy (non-hydrogen) atoms. The van der Waals surface area contributed by atoms with Crippen molar-refractivity contribution >= 4 is 33.4 Å². The summed E-state index contributed by atoms with van der Waals surface area (Å²) < 4.78 is 32.8. The normalized spacial score (nSPS) is 12.5. The fourth-order valence-corrected chi connectivity index (χ4v) is 2.99. The maximum absolute atomic E-state index is 11.8. The van der Waals surface area contributed by atoms with E-state index in [1.807, 2.05) is 13.8 Å². The minimum atomic E-state index is -4.48. The lowest BCUT2D eigenvalue weighted by Crippen LogP contribution is -2.31. The Hall–Kier alpha value is -2.17. The molecule has 0 aliphatic rings. The first kappa shape index (κ1) is 20.9. The van der Waals surface area contributed by atoms with E-state index in [1.54, 1.807) is 4.90 Å². The van der Waals surface area contributed by atoms with Gasteiger partial charge in [-0.05, 0) is 38.5 Å². The summed E-state index contributed by atoms with van der Waals surface area (Å²) in [7, 11) is -4.48. The van der Waals surface area contributed by atoms with Crippen LogP contribution in [0.15, 0.2) is 23.1 Å². The number of benzene rings is 1. The zero-order valence-corrected chi connectivity index (χ0v) is 14.9. The van der Waals surface area contributed by atoms with E-state index in [0.29, 0.717) is 18.8 Å². The summed E-state index contributed by atoms with van der Waals surface area (Å²) in [4.78, 5) is 23.9. The smallest absolute Gasteiger partial charge is 0.320 e. The van der Waals surface area contributed by atoms with Crippen LogP contribution < -0.4 is 16.0 Å². The summed E-state index contributed by atoms with van der Waals surface area (Å²) >= 11 is 0. The second-order valence-electron chi connectivity index (χ2n) is 5.36. The fourth-order valence-electron chi connectivity index (χ4n) is 2.26. The molecule has 0 fully saturated rings. The predicted molar refractivity (Wildman–Crippen MR) is 93.3 cm³/mol. The minimum absolute atomic E-state index is 0.0517. The van der Waals surface area contributed by atoms with Crippen molar-refractivity contribution < 1.29 is 27.7 Å². The van der Waals surface area contributed by atoms with Crippen molar-refractivity contribution in [2.45, 2.75) is 37.6 Å². The van der Waals surface area contributed by atoms with E-state index in [4.69, 9.17) is 10.8 Å². The van der Waals surface area contributed by atoms with Crippen LogP contribution in [-0.4, -0.2) is 49.1 Å². The molecule has 0 aliphatic heterocycles. The van der Waals surface area contributed by atoms with Crippen LogP contribution in [0.25, 0.3) is 0 Å². The molecule has 9 nitrogen and oxygen atoms in total. The highest BCUT2D eigenvalue weighted by molar-refractivity contribution is 7.86. The molecule has 0 saturated carbocycles. The lowest BCUT2D eigenvalue weighted by Gasteiger charge is -2.23. The van der Waals surface area contributed by atoms with E-state index in [9.17, 15) is 22.6 Å². The van der Waals surface area contributed by atoms with Gasteiger partial charge in [0.1, 0.15) is 10.9 Å². The molecule has 1 atom stereocenters. The summed E-state index contributed by atoms with van der Waals surface area (Å²) in [6.45, 7) is 4.77. The van der Waals surface area contributed by atoms with Crippen molar-refractivity contribution in [2.24, 2.45) is 5.73 Å². The summed E-state index contributed by atoms with van der Waals surface area (Å²) in [6.07, 6.45) is -0.184. The number of aliphatic carboxylic acids is 1. The van der Waals surface area contributed by atoms with Crippen molar-refractivity contribution in [3.05, 3.63) is 18.2 Å². The highest BCUT2D eigenvalue weighted by Crippen LogP contribution is 2.28. The van der Waals surface area contributed by atoms with Gasteiger partial charge in [0.05, 0.1) is 5.69 Å². The molecular formula is C15H23N3O6S. The predicted octanol–water partition coefficient (Wildman–Crippen LogP) is 0.910. The molecule has 1 amide bonds. The Labute approximate surface area is 146 Å². The molecule has 5 N–H and O–H groups in total. The van der Waals surface area contributed by atoms with E-state index in [2.05, 4.69) is 5.32 Å². The van der Waals surface area contributed by atoms with E-state index in [1.165, 1.54) is 12.1 Å². The van der Waals surface area contributed by atoms with Gasteiger partial charge < -0.3 is 21.1 Å². The molecule has 0 bridgehead atoms. The summed E-state index contributed by atoms with van der Waals surface area (Å²) in [5, 5.41) is 11.2. The zero-order valence-electron chi connectivity index (χ0n) is 14.1. The molecule has 0 heterocycles. The van der Waals surface area contributed by atoms with Crippen molar-refractivity contribution in [3.8, 4) is 0 Å². The first-order valence-corrected chi connectivity index (χ1v) is 9.18. The van der Waals surface area contributed by atoms with Gasteiger partial charge in [-0.2, -0.15) is 8.42 Å². The van der Waals surface area contributed by atoms with Crippen LogP contribution in [-0.2, 0) is 19.7 Å². The average molecular weight is 373 g/mol. The van der Waals surface area contributed by atoms with Gasteiger partial charge in [-0.25, -0.2) is 0 Å². The SMILES string of the molecule is CCN(CC)c1ccc(NC(=O)CC[C@H](N)C(=O)O)cc1S(=O)(=O)O. The molecule has 0 saturated heterocycles. The molecule has 0 unspecified atom stereocenters. The highest BCUT2D eigenvalue weighted by Gasteiger charge is 2.20. The molecule has 10 heteroatoms. The number of nitrogens with one attached hydrogen (secondary N) is 1. The first-order chi connectivity index (χ1) is 11.6. The van der Waals surface area contributed by atoms with Crippen LogP contribution in [0, 0.1) is 0 Å². The molecule has 1 rings (SSSR count). The topological polar surface area (TPSA) is 150 Å². The van der Waals surface area contributed by atoms with Crippen LogP contribution in [0.2, 0.25) is 0 Å². The number of rotatable bonds is 9. The number of carboxylic acids is 1. The van der Waals surface area contributed by atoms with Gasteiger partial charge in [0.25, 0.3) is 10.1 Å². The van der Waals surface area contributed by atoms with Crippen LogP contribution in [0.1, 0.15) is 26.7 Å². The number of carboxylic acid groups (broad SMARTS) is 1. The number of anilines is 2. The van der Waals surface area contributed by atoms with Gasteiger partial charge in [-0.1, -0.05) is 0 Å². The Morgan fingerprint density at radius 1 is 1.28 bits per heavy atom. The molecule has 0 aliphatic carbocycles. The molecule has 1 aromatic carbocycles. The molecule has 1 aromatic rings. The van der Waals surface area contributed by atoms with Crippen LogP contribution in [0.5, 0.6) is 0 Å². The number of nitrogens with two attached hydrogens (primary N) is 1. The lowest BCUT2D eigenvalue weighted by molar-refractivity contribution is -0.138. The monoisotopic (exact) mass is 373 g/mol. The van der Waals surface area contributed by atoms with Gasteiger partial charge in [0.2, 0.25) is 5.91 Å². The van der Waals surface area contributed by atoms with E-state index in [-0.39, 0.29) is 23.4 Å². The Balaban J connectivity index is 2.99. The third kappa shape index (κ3) is 6.00. The number of nitrogens with zero attached hydrogens (tertiary/aromatic N) is 1. The molecule has 140 valence electrons. The fraction of sp³-hybridized carbons (Fsp3) is 0.467. The number of carbonyl (C=O) groups excluding carboxylic acids is 1. The van der Waals surface area contributed by atoms with Gasteiger partial charge in [-0.3, -0.25) is 14.1 Å². The first-order valence-electron chi connectivity index (χ1n) is 7.74. The highest BCUT2D eigenvalue weighted by atomic mass is 32.2. The maximum atomic E-state index is 11.8. The Kier molecular flexibility index (Phi) is 7.34. The Morgan fingerprint density at radius 3 is 2.36 bits per heavy atom. The maximum Gasteiger partial charge on any atom is 0.320 e. The van der Waals surface area contributed by atoms with Gasteiger partial charge in [0.15, 0.2) is 0 Å².